The molecular weight excluding hydrogens is 136 g/mol. The first-order valence-corrected chi connectivity index (χ1v) is 4.67. The standard InChI is InChI=1S/CH2N2S3/c2-1-3-5-6-4-1/h(H2,2,3). The monoisotopic (exact) mass is 138 g/mol. The van der Waals surface area contributed by atoms with Crippen LogP contribution in [0.2, 0.25) is 0 Å². The van der Waals surface area contributed by atoms with Crippen molar-refractivity contribution in [2.75, 3.05) is 0 Å². The van der Waals surface area contributed by atoms with Crippen LogP contribution in [0.4, 0.5) is 0 Å². The van der Waals surface area contributed by atoms with Gasteiger partial charge in [0.05, 0.1) is 11.0 Å². The van der Waals surface area contributed by atoms with Gasteiger partial charge in [0.1, 0.15) is 0 Å². The molecular formula is CH2N2S3. The SMILES string of the molecule is NC1=NSSS1. The summed E-state index contributed by atoms with van der Waals surface area (Å²) in [6.07, 6.45) is 0. The normalized spacial score (nSPS) is 21.0. The van der Waals surface area contributed by atoms with Crippen LogP contribution < -0.4 is 5.73 Å². The Balaban J connectivity index is 2.45. The van der Waals surface area contributed by atoms with Gasteiger partial charge in [-0.1, -0.05) is 0 Å². The van der Waals surface area contributed by atoms with Crippen molar-refractivity contribution in [3.8, 4) is 0 Å². The molecule has 0 aliphatic carbocycles. The van der Waals surface area contributed by atoms with E-state index in [1.807, 2.05) is 0 Å². The highest BCUT2D eigenvalue weighted by Gasteiger charge is 2.01. The highest BCUT2D eigenvalue weighted by Crippen LogP contribution is 2.41. The van der Waals surface area contributed by atoms with E-state index in [0.717, 1.165) is 0 Å². The molecule has 2 N–H and O–H groups in total. The summed E-state index contributed by atoms with van der Waals surface area (Å²) in [5.74, 6) is 0. The second-order valence-electron chi connectivity index (χ2n) is 0.655. The van der Waals surface area contributed by atoms with Crippen molar-refractivity contribution in [3.63, 3.8) is 0 Å². The highest BCUT2D eigenvalue weighted by molar-refractivity contribution is 9.13. The average molecular weight is 138 g/mol. The second kappa shape index (κ2) is 1.99. The quantitative estimate of drug-likeness (QED) is 0.404. The van der Waals surface area contributed by atoms with Crippen LogP contribution in [0.25, 0.3) is 0 Å². The maximum Gasteiger partial charge on any atom is 0.178 e. The van der Waals surface area contributed by atoms with Gasteiger partial charge in [-0.25, -0.2) is 0 Å². The maximum atomic E-state index is 5.21. The van der Waals surface area contributed by atoms with E-state index in [9.17, 15) is 0 Å². The molecule has 2 nitrogen and oxygen atoms in total. The molecule has 0 radical (unpaired) electrons. The van der Waals surface area contributed by atoms with Crippen molar-refractivity contribution >= 4 is 36.8 Å². The predicted molar refractivity (Wildman–Crippen MR) is 34.4 cm³/mol. The van der Waals surface area contributed by atoms with Crippen molar-refractivity contribution < 1.29 is 0 Å². The third-order valence-corrected chi connectivity index (χ3v) is 3.34. The molecule has 1 heterocycles. The lowest BCUT2D eigenvalue weighted by Gasteiger charge is -1.74. The summed E-state index contributed by atoms with van der Waals surface area (Å²) in [7, 11) is 4.52. The fourth-order valence-electron chi connectivity index (χ4n) is 0.117. The molecule has 0 amide bonds. The van der Waals surface area contributed by atoms with Crippen LogP contribution in [0.1, 0.15) is 0 Å². The predicted octanol–water partition coefficient (Wildman–Crippen LogP) is 1.26. The van der Waals surface area contributed by atoms with Gasteiger partial charge in [-0.3, -0.25) is 0 Å². The van der Waals surface area contributed by atoms with E-state index in [1.165, 1.54) is 21.8 Å². The molecule has 0 saturated carbocycles. The lowest BCUT2D eigenvalue weighted by molar-refractivity contribution is 1.77. The fourth-order valence-corrected chi connectivity index (χ4v) is 2.78. The largest absolute Gasteiger partial charge is 0.377 e. The summed E-state index contributed by atoms with van der Waals surface area (Å²) in [5, 5.41) is 0.671. The molecule has 0 atom stereocenters. The van der Waals surface area contributed by atoms with E-state index in [4.69, 9.17) is 5.73 Å². The molecule has 0 spiro atoms. The van der Waals surface area contributed by atoms with Crippen molar-refractivity contribution in [1.82, 2.24) is 0 Å². The van der Waals surface area contributed by atoms with Gasteiger partial charge in [0.2, 0.25) is 0 Å². The van der Waals surface area contributed by atoms with Gasteiger partial charge in [0, 0.05) is 9.83 Å². The first kappa shape index (κ1) is 4.67. The number of rotatable bonds is 0. The van der Waals surface area contributed by atoms with Gasteiger partial charge >= 0.3 is 0 Å². The van der Waals surface area contributed by atoms with Gasteiger partial charge in [0.25, 0.3) is 0 Å². The Hall–Kier alpha value is 0.520. The molecule has 1 aliphatic heterocycles. The molecule has 34 valence electrons. The number of hydrogen-bond donors (Lipinski definition) is 1. The Labute approximate surface area is 47.3 Å². The molecule has 0 aromatic heterocycles. The van der Waals surface area contributed by atoms with Crippen molar-refractivity contribution in [3.05, 3.63) is 0 Å². The number of hydrogen-bond acceptors (Lipinski definition) is 5. The lowest BCUT2D eigenvalue weighted by Crippen LogP contribution is -1.99. The third kappa shape index (κ3) is 0.990. The summed E-state index contributed by atoms with van der Waals surface area (Å²) in [6, 6.07) is 0. The molecule has 0 fully saturated rings. The molecule has 5 heteroatoms. The van der Waals surface area contributed by atoms with Crippen LogP contribution >= 0.6 is 31.6 Å². The van der Waals surface area contributed by atoms with Gasteiger partial charge in [-0.2, -0.15) is 4.40 Å². The van der Waals surface area contributed by atoms with E-state index < -0.39 is 0 Å². The lowest BCUT2D eigenvalue weighted by atomic mass is 11.4. The van der Waals surface area contributed by atoms with Crippen molar-refractivity contribution in [1.29, 1.82) is 0 Å². The fraction of sp³-hybridized carbons (Fsp3) is 0. The summed E-state index contributed by atoms with van der Waals surface area (Å²) < 4.78 is 3.77. The minimum absolute atomic E-state index is 0.671. The van der Waals surface area contributed by atoms with Crippen molar-refractivity contribution in [2.24, 2.45) is 10.1 Å². The van der Waals surface area contributed by atoms with Crippen LogP contribution in [-0.4, -0.2) is 5.17 Å². The van der Waals surface area contributed by atoms with E-state index in [2.05, 4.69) is 4.40 Å². The zero-order valence-corrected chi connectivity index (χ0v) is 5.20. The number of nitrogens with two attached hydrogens (primary N) is 1. The molecule has 0 bridgehead atoms. The topological polar surface area (TPSA) is 38.4 Å². The minimum Gasteiger partial charge on any atom is -0.377 e. The van der Waals surface area contributed by atoms with E-state index in [-0.39, 0.29) is 0 Å². The molecule has 6 heavy (non-hydrogen) atoms. The Morgan fingerprint density at radius 3 is 2.67 bits per heavy atom. The zero-order chi connectivity index (χ0) is 4.41. The Morgan fingerprint density at radius 2 is 2.50 bits per heavy atom. The molecule has 1 rings (SSSR count). The van der Waals surface area contributed by atoms with Crippen LogP contribution in [0.15, 0.2) is 4.40 Å². The Morgan fingerprint density at radius 1 is 1.67 bits per heavy atom. The second-order valence-corrected chi connectivity index (χ2v) is 4.29. The number of nitrogens with zero attached hydrogens (tertiary/aromatic N) is 1. The first-order chi connectivity index (χ1) is 2.89. The van der Waals surface area contributed by atoms with Gasteiger partial charge in [0.15, 0.2) is 5.17 Å². The van der Waals surface area contributed by atoms with Crippen molar-refractivity contribution in [2.45, 2.75) is 0 Å². The maximum absolute atomic E-state index is 5.21. The average Bonchev–Trinajstić information content (AvgIpc) is 1.86. The van der Waals surface area contributed by atoms with Crippen LogP contribution in [0, 0.1) is 0 Å². The zero-order valence-electron chi connectivity index (χ0n) is 2.75. The summed E-state index contributed by atoms with van der Waals surface area (Å²) >= 11 is 0. The third-order valence-electron chi connectivity index (χ3n) is 0.277. The molecule has 0 aromatic carbocycles. The summed E-state index contributed by atoms with van der Waals surface area (Å²) in [4.78, 5) is 0. The molecule has 1 aliphatic rings. The molecule has 0 saturated heterocycles. The van der Waals surface area contributed by atoms with Crippen LogP contribution in [0.3, 0.4) is 0 Å². The Bertz CT molecular complexity index is 78.9. The first-order valence-electron chi connectivity index (χ1n) is 1.23. The van der Waals surface area contributed by atoms with Crippen LogP contribution in [0.5, 0.6) is 0 Å². The Kier molecular flexibility index (Phi) is 1.55. The minimum atomic E-state index is 0.671. The van der Waals surface area contributed by atoms with Gasteiger partial charge < -0.3 is 5.73 Å². The van der Waals surface area contributed by atoms with Gasteiger partial charge in [-0.05, 0) is 10.8 Å². The highest BCUT2D eigenvalue weighted by atomic mass is 33.5. The smallest absolute Gasteiger partial charge is 0.178 e. The summed E-state index contributed by atoms with van der Waals surface area (Å²) in [6.45, 7) is 0. The van der Waals surface area contributed by atoms with E-state index in [1.54, 1.807) is 9.83 Å². The van der Waals surface area contributed by atoms with E-state index in [0.29, 0.717) is 5.17 Å². The molecule has 0 unspecified atom stereocenters. The molecule has 0 aromatic rings. The van der Waals surface area contributed by atoms with Gasteiger partial charge in [-0.15, -0.1) is 0 Å². The van der Waals surface area contributed by atoms with E-state index >= 15 is 0 Å². The summed E-state index contributed by atoms with van der Waals surface area (Å²) in [5.41, 5.74) is 5.21. The van der Waals surface area contributed by atoms with Crippen LogP contribution in [-0.2, 0) is 0 Å². The number of amidine groups is 1.